The fraction of sp³-hybridized carbons (Fsp3) is 0.688. The number of ether oxygens (including phenoxy) is 1. The maximum atomic E-state index is 12.2. The van der Waals surface area contributed by atoms with E-state index in [1.54, 1.807) is 19.5 Å². The lowest BCUT2D eigenvalue weighted by molar-refractivity contribution is -0.131. The highest BCUT2D eigenvalue weighted by atomic mass is 16.5. The smallest absolute Gasteiger partial charge is 0.224 e. The van der Waals surface area contributed by atoms with E-state index in [4.69, 9.17) is 4.74 Å². The maximum absolute atomic E-state index is 12.2. The van der Waals surface area contributed by atoms with Crippen LogP contribution in [0.2, 0.25) is 0 Å². The van der Waals surface area contributed by atoms with Gasteiger partial charge in [-0.25, -0.2) is 4.98 Å². The van der Waals surface area contributed by atoms with Crippen molar-refractivity contribution in [1.82, 2.24) is 14.9 Å². The van der Waals surface area contributed by atoms with Crippen LogP contribution in [0.15, 0.2) is 18.6 Å². The molecule has 1 aromatic rings. The Hall–Kier alpha value is -1.69. The summed E-state index contributed by atoms with van der Waals surface area (Å²) in [6.45, 7) is 2.27. The second-order valence-electron chi connectivity index (χ2n) is 6.28. The number of hydrogen-bond acceptors (Lipinski definition) is 5. The first-order chi connectivity index (χ1) is 10.7. The minimum Gasteiger partial charge on any atom is -0.384 e. The molecule has 1 aromatic heterocycles. The van der Waals surface area contributed by atoms with Gasteiger partial charge in [0.15, 0.2) is 0 Å². The normalized spacial score (nSPS) is 27.0. The summed E-state index contributed by atoms with van der Waals surface area (Å²) < 4.78 is 5.01. The van der Waals surface area contributed by atoms with Crippen molar-refractivity contribution in [3.8, 4) is 0 Å². The van der Waals surface area contributed by atoms with Gasteiger partial charge in [-0.2, -0.15) is 0 Å². The zero-order valence-corrected chi connectivity index (χ0v) is 13.3. The van der Waals surface area contributed by atoms with Crippen molar-refractivity contribution in [2.45, 2.75) is 25.3 Å². The van der Waals surface area contributed by atoms with Crippen LogP contribution in [-0.4, -0.2) is 60.7 Å². The number of methoxy groups -OCH3 is 1. The molecule has 1 aliphatic carbocycles. The summed E-state index contributed by atoms with van der Waals surface area (Å²) in [6, 6.07) is 0.446. The first-order valence-electron chi connectivity index (χ1n) is 7.96. The molecule has 6 heteroatoms. The molecule has 6 nitrogen and oxygen atoms in total. The number of anilines is 1. The second kappa shape index (κ2) is 6.60. The van der Waals surface area contributed by atoms with Gasteiger partial charge in [0.05, 0.1) is 19.2 Å². The largest absolute Gasteiger partial charge is 0.384 e. The molecule has 1 amide bonds. The SMILES string of the molecule is COCCC(=O)N1C[C@H]2CC[C@@H](N(C)c3cnccn3)[C@H]2C1. The molecule has 1 aliphatic heterocycles. The molecule has 2 fully saturated rings. The fourth-order valence-corrected chi connectivity index (χ4v) is 3.91. The van der Waals surface area contributed by atoms with E-state index >= 15 is 0 Å². The van der Waals surface area contributed by atoms with Gasteiger partial charge in [0, 0.05) is 51.6 Å². The molecule has 0 N–H and O–H groups in total. The number of hydrogen-bond donors (Lipinski definition) is 0. The average molecular weight is 304 g/mol. The topological polar surface area (TPSA) is 58.6 Å². The third kappa shape index (κ3) is 2.92. The van der Waals surface area contributed by atoms with Crippen LogP contribution in [0.5, 0.6) is 0 Å². The molecule has 2 heterocycles. The number of nitrogens with zero attached hydrogens (tertiary/aromatic N) is 4. The van der Waals surface area contributed by atoms with E-state index in [-0.39, 0.29) is 5.91 Å². The second-order valence-corrected chi connectivity index (χ2v) is 6.28. The standard InChI is InChI=1S/C16H24N4O2/c1-19(15-9-17-6-7-18-15)14-4-3-12-10-20(11-13(12)14)16(21)5-8-22-2/h6-7,9,12-14H,3-5,8,10-11H2,1-2H3/t12-,13+,14-/m1/s1. The van der Waals surface area contributed by atoms with Crippen molar-refractivity contribution >= 4 is 11.7 Å². The molecule has 0 unspecified atom stereocenters. The van der Waals surface area contributed by atoms with Crippen LogP contribution < -0.4 is 4.90 Å². The van der Waals surface area contributed by atoms with Gasteiger partial charge in [-0.1, -0.05) is 0 Å². The van der Waals surface area contributed by atoms with Crippen molar-refractivity contribution in [1.29, 1.82) is 0 Å². The lowest BCUT2D eigenvalue weighted by Gasteiger charge is -2.30. The number of carbonyl (C=O) groups is 1. The molecule has 0 spiro atoms. The lowest BCUT2D eigenvalue weighted by atomic mass is 9.97. The monoisotopic (exact) mass is 304 g/mol. The highest BCUT2D eigenvalue weighted by molar-refractivity contribution is 5.76. The summed E-state index contributed by atoms with van der Waals surface area (Å²) in [7, 11) is 3.73. The molecule has 0 radical (unpaired) electrons. The summed E-state index contributed by atoms with van der Waals surface area (Å²) in [5.74, 6) is 2.29. The Morgan fingerprint density at radius 1 is 1.41 bits per heavy atom. The fourth-order valence-electron chi connectivity index (χ4n) is 3.91. The number of likely N-dealkylation sites (tertiary alicyclic amines) is 1. The van der Waals surface area contributed by atoms with Gasteiger partial charge in [-0.15, -0.1) is 0 Å². The van der Waals surface area contributed by atoms with Crippen molar-refractivity contribution < 1.29 is 9.53 Å². The molecule has 22 heavy (non-hydrogen) atoms. The lowest BCUT2D eigenvalue weighted by Crippen LogP contribution is -2.39. The molecule has 3 rings (SSSR count). The third-order valence-corrected chi connectivity index (χ3v) is 5.10. The van der Waals surface area contributed by atoms with Gasteiger partial charge in [0.2, 0.25) is 5.91 Å². The van der Waals surface area contributed by atoms with E-state index in [0.717, 1.165) is 18.9 Å². The van der Waals surface area contributed by atoms with Crippen LogP contribution in [-0.2, 0) is 9.53 Å². The molecule has 120 valence electrons. The van der Waals surface area contributed by atoms with Gasteiger partial charge >= 0.3 is 0 Å². The van der Waals surface area contributed by atoms with Gasteiger partial charge in [0.1, 0.15) is 5.82 Å². The zero-order chi connectivity index (χ0) is 15.5. The Kier molecular flexibility index (Phi) is 4.57. The van der Waals surface area contributed by atoms with Crippen LogP contribution in [0.25, 0.3) is 0 Å². The first-order valence-corrected chi connectivity index (χ1v) is 7.96. The van der Waals surface area contributed by atoms with Crippen LogP contribution in [0, 0.1) is 11.8 Å². The number of carbonyl (C=O) groups excluding carboxylic acids is 1. The van der Waals surface area contributed by atoms with E-state index in [0.29, 0.717) is 30.9 Å². The summed E-state index contributed by atoms with van der Waals surface area (Å²) >= 11 is 0. The molecule has 1 saturated heterocycles. The molecular formula is C16H24N4O2. The van der Waals surface area contributed by atoms with E-state index in [1.165, 1.54) is 12.8 Å². The van der Waals surface area contributed by atoms with Crippen molar-refractivity contribution in [2.75, 3.05) is 38.8 Å². The van der Waals surface area contributed by atoms with Crippen molar-refractivity contribution in [3.63, 3.8) is 0 Å². The molecule has 0 aromatic carbocycles. The maximum Gasteiger partial charge on any atom is 0.224 e. The highest BCUT2D eigenvalue weighted by Crippen LogP contribution is 2.41. The predicted octanol–water partition coefficient (Wildman–Crippen LogP) is 1.19. The third-order valence-electron chi connectivity index (χ3n) is 5.10. The number of amides is 1. The summed E-state index contributed by atoms with van der Waals surface area (Å²) in [5, 5.41) is 0. The van der Waals surface area contributed by atoms with Gasteiger partial charge in [-0.05, 0) is 18.8 Å². The minimum absolute atomic E-state index is 0.220. The molecule has 2 aliphatic rings. The Morgan fingerprint density at radius 3 is 3.00 bits per heavy atom. The Morgan fingerprint density at radius 2 is 2.27 bits per heavy atom. The minimum atomic E-state index is 0.220. The molecular weight excluding hydrogens is 280 g/mol. The van der Waals surface area contributed by atoms with Gasteiger partial charge in [-0.3, -0.25) is 9.78 Å². The molecule has 1 saturated carbocycles. The summed E-state index contributed by atoms with van der Waals surface area (Å²) in [6.07, 6.45) is 8.08. The van der Waals surface area contributed by atoms with E-state index in [2.05, 4.69) is 21.9 Å². The zero-order valence-electron chi connectivity index (χ0n) is 13.3. The number of aromatic nitrogens is 2. The quantitative estimate of drug-likeness (QED) is 0.818. The first kappa shape index (κ1) is 15.2. The van der Waals surface area contributed by atoms with E-state index in [9.17, 15) is 4.79 Å². The van der Waals surface area contributed by atoms with Gasteiger partial charge in [0.25, 0.3) is 0 Å². The van der Waals surface area contributed by atoms with Crippen LogP contribution >= 0.6 is 0 Å². The average Bonchev–Trinajstić information content (AvgIpc) is 3.13. The molecule has 0 bridgehead atoms. The van der Waals surface area contributed by atoms with E-state index in [1.807, 2.05) is 11.1 Å². The van der Waals surface area contributed by atoms with Crippen LogP contribution in [0.3, 0.4) is 0 Å². The van der Waals surface area contributed by atoms with Gasteiger partial charge < -0.3 is 14.5 Å². The molecule has 3 atom stereocenters. The number of rotatable bonds is 5. The van der Waals surface area contributed by atoms with Crippen molar-refractivity contribution in [2.24, 2.45) is 11.8 Å². The summed E-state index contributed by atoms with van der Waals surface area (Å²) in [5.41, 5.74) is 0. The number of fused-ring (bicyclic) bond motifs is 1. The Labute approximate surface area is 131 Å². The summed E-state index contributed by atoms with van der Waals surface area (Å²) in [4.78, 5) is 25.0. The van der Waals surface area contributed by atoms with Crippen molar-refractivity contribution in [3.05, 3.63) is 18.6 Å². The van der Waals surface area contributed by atoms with Crippen LogP contribution in [0.4, 0.5) is 5.82 Å². The Balaban J connectivity index is 1.64. The predicted molar refractivity (Wildman–Crippen MR) is 83.5 cm³/mol. The highest BCUT2D eigenvalue weighted by Gasteiger charge is 2.45. The Bertz CT molecular complexity index is 510. The van der Waals surface area contributed by atoms with Crippen LogP contribution in [0.1, 0.15) is 19.3 Å². The van der Waals surface area contributed by atoms with E-state index < -0.39 is 0 Å².